The normalized spacial score (nSPS) is 11.7. The van der Waals surface area contributed by atoms with Gasteiger partial charge in [-0.05, 0) is 45.2 Å². The Labute approximate surface area is 175 Å². The number of aromatic nitrogens is 2. The summed E-state index contributed by atoms with van der Waals surface area (Å²) in [6.07, 6.45) is 4.04. The molecular formula is C22H36N6O. The van der Waals surface area contributed by atoms with E-state index in [1.54, 1.807) is 0 Å². The van der Waals surface area contributed by atoms with E-state index in [0.29, 0.717) is 19.0 Å². The molecule has 2 aromatic rings. The van der Waals surface area contributed by atoms with Crippen LogP contribution in [0.2, 0.25) is 0 Å². The minimum atomic E-state index is 0.459. The second-order valence-corrected chi connectivity index (χ2v) is 6.98. The number of nitrogens with zero attached hydrogens (tertiary/aromatic N) is 4. The fourth-order valence-electron chi connectivity index (χ4n) is 3.24. The van der Waals surface area contributed by atoms with Gasteiger partial charge in [0.05, 0.1) is 18.8 Å². The molecule has 2 N–H and O–H groups in total. The van der Waals surface area contributed by atoms with E-state index in [-0.39, 0.29) is 0 Å². The van der Waals surface area contributed by atoms with Gasteiger partial charge in [0.15, 0.2) is 11.7 Å². The Balaban J connectivity index is 1.96. The molecule has 0 saturated heterocycles. The lowest BCUT2D eigenvalue weighted by molar-refractivity contribution is 0.368. The molecule has 0 amide bonds. The van der Waals surface area contributed by atoms with E-state index < -0.39 is 0 Å². The molecule has 7 heteroatoms. The van der Waals surface area contributed by atoms with Crippen LogP contribution in [0.15, 0.2) is 33.9 Å². The standard InChI is InChI=1S/C22H36N6O/c1-6-18(7-2)20-13-19(29-27-20)16-26-22(23-8-3)25-15-17-11-12-21(24-14-17)28(9-4)10-5/h11-14,18H,6-10,15-16H2,1-5H3,(H2,23,25,26). The lowest BCUT2D eigenvalue weighted by Gasteiger charge is -2.19. The zero-order chi connectivity index (χ0) is 21.1. The predicted molar refractivity (Wildman–Crippen MR) is 119 cm³/mol. The van der Waals surface area contributed by atoms with E-state index in [1.807, 2.05) is 12.3 Å². The van der Waals surface area contributed by atoms with Crippen LogP contribution in [0.3, 0.4) is 0 Å². The first kappa shape index (κ1) is 22.7. The first-order chi connectivity index (χ1) is 14.1. The highest BCUT2D eigenvalue weighted by atomic mass is 16.5. The van der Waals surface area contributed by atoms with Crippen LogP contribution in [0.4, 0.5) is 5.82 Å². The number of nitrogens with one attached hydrogen (secondary N) is 2. The van der Waals surface area contributed by atoms with Gasteiger partial charge in [-0.2, -0.15) is 0 Å². The van der Waals surface area contributed by atoms with Gasteiger partial charge in [0.1, 0.15) is 5.82 Å². The molecule has 0 unspecified atom stereocenters. The van der Waals surface area contributed by atoms with Crippen molar-refractivity contribution in [3.63, 3.8) is 0 Å². The van der Waals surface area contributed by atoms with Crippen molar-refractivity contribution >= 4 is 11.8 Å². The van der Waals surface area contributed by atoms with Gasteiger partial charge in [-0.15, -0.1) is 0 Å². The summed E-state index contributed by atoms with van der Waals surface area (Å²) >= 11 is 0. The molecule has 0 aromatic carbocycles. The molecule has 2 aromatic heterocycles. The van der Waals surface area contributed by atoms with Gasteiger partial charge in [-0.3, -0.25) is 0 Å². The third kappa shape index (κ3) is 6.76. The summed E-state index contributed by atoms with van der Waals surface area (Å²) in [5.41, 5.74) is 2.11. The molecule has 0 aliphatic heterocycles. The third-order valence-corrected chi connectivity index (χ3v) is 5.07. The molecule has 0 radical (unpaired) electrons. The van der Waals surface area contributed by atoms with Crippen molar-refractivity contribution in [2.75, 3.05) is 24.5 Å². The van der Waals surface area contributed by atoms with E-state index in [1.165, 1.54) is 0 Å². The Morgan fingerprint density at radius 1 is 1.10 bits per heavy atom. The van der Waals surface area contributed by atoms with E-state index >= 15 is 0 Å². The molecule has 7 nitrogen and oxygen atoms in total. The molecule has 0 atom stereocenters. The Hall–Kier alpha value is -2.57. The summed E-state index contributed by atoms with van der Waals surface area (Å²) in [6.45, 7) is 14.5. The van der Waals surface area contributed by atoms with Crippen LogP contribution in [-0.4, -0.2) is 35.7 Å². The van der Waals surface area contributed by atoms with Crippen molar-refractivity contribution in [2.24, 2.45) is 4.99 Å². The number of rotatable bonds is 11. The lowest BCUT2D eigenvalue weighted by atomic mass is 9.99. The molecule has 0 bridgehead atoms. The molecule has 0 saturated carbocycles. The zero-order valence-corrected chi connectivity index (χ0v) is 18.5. The first-order valence-electron chi connectivity index (χ1n) is 10.8. The lowest BCUT2D eigenvalue weighted by Crippen LogP contribution is -2.36. The molecule has 160 valence electrons. The number of guanidine groups is 1. The van der Waals surface area contributed by atoms with Crippen molar-refractivity contribution in [1.29, 1.82) is 0 Å². The summed E-state index contributed by atoms with van der Waals surface area (Å²) in [5, 5.41) is 10.8. The van der Waals surface area contributed by atoms with Gasteiger partial charge in [0, 0.05) is 37.8 Å². The molecule has 0 spiro atoms. The van der Waals surface area contributed by atoms with Gasteiger partial charge in [-0.25, -0.2) is 9.98 Å². The summed E-state index contributed by atoms with van der Waals surface area (Å²) in [7, 11) is 0. The maximum Gasteiger partial charge on any atom is 0.191 e. The Morgan fingerprint density at radius 2 is 1.86 bits per heavy atom. The van der Waals surface area contributed by atoms with Crippen molar-refractivity contribution in [3.8, 4) is 0 Å². The van der Waals surface area contributed by atoms with Crippen LogP contribution in [0.1, 0.15) is 70.4 Å². The largest absolute Gasteiger partial charge is 0.359 e. The molecular weight excluding hydrogens is 364 g/mol. The molecule has 2 rings (SSSR count). The topological polar surface area (TPSA) is 78.6 Å². The maximum atomic E-state index is 5.49. The maximum absolute atomic E-state index is 5.49. The van der Waals surface area contributed by atoms with Crippen LogP contribution in [0.5, 0.6) is 0 Å². The second-order valence-electron chi connectivity index (χ2n) is 6.98. The van der Waals surface area contributed by atoms with Crippen molar-refractivity contribution in [1.82, 2.24) is 20.8 Å². The van der Waals surface area contributed by atoms with Gasteiger partial charge in [0.25, 0.3) is 0 Å². The highest BCUT2D eigenvalue weighted by Gasteiger charge is 2.13. The van der Waals surface area contributed by atoms with E-state index in [2.05, 4.69) is 77.4 Å². The monoisotopic (exact) mass is 400 g/mol. The van der Waals surface area contributed by atoms with Gasteiger partial charge >= 0.3 is 0 Å². The molecule has 29 heavy (non-hydrogen) atoms. The molecule has 0 fully saturated rings. The number of anilines is 1. The third-order valence-electron chi connectivity index (χ3n) is 5.07. The van der Waals surface area contributed by atoms with Crippen LogP contribution in [0.25, 0.3) is 0 Å². The minimum absolute atomic E-state index is 0.459. The van der Waals surface area contributed by atoms with E-state index in [9.17, 15) is 0 Å². The van der Waals surface area contributed by atoms with Gasteiger partial charge in [-0.1, -0.05) is 25.1 Å². The van der Waals surface area contributed by atoms with Gasteiger partial charge < -0.3 is 20.1 Å². The smallest absolute Gasteiger partial charge is 0.191 e. The number of hydrogen-bond donors (Lipinski definition) is 2. The van der Waals surface area contributed by atoms with Crippen LogP contribution >= 0.6 is 0 Å². The molecule has 2 heterocycles. The fraction of sp³-hybridized carbons (Fsp3) is 0.591. The Kier molecular flexibility index (Phi) is 9.47. The van der Waals surface area contributed by atoms with Gasteiger partial charge in [0.2, 0.25) is 0 Å². The number of aliphatic imine (C=N–C) groups is 1. The van der Waals surface area contributed by atoms with Crippen LogP contribution in [0, 0.1) is 0 Å². The Bertz CT molecular complexity index is 732. The number of pyridine rings is 1. The van der Waals surface area contributed by atoms with Crippen molar-refractivity contribution < 1.29 is 4.52 Å². The zero-order valence-electron chi connectivity index (χ0n) is 18.5. The van der Waals surface area contributed by atoms with Crippen molar-refractivity contribution in [2.45, 2.75) is 66.5 Å². The second kappa shape index (κ2) is 12.1. The summed E-state index contributed by atoms with van der Waals surface area (Å²) in [6, 6.07) is 6.20. The number of hydrogen-bond acceptors (Lipinski definition) is 5. The molecule has 0 aliphatic carbocycles. The SMILES string of the molecule is CCNC(=NCc1ccc(N(CC)CC)nc1)NCc1cc(C(CC)CC)no1. The average molecular weight is 401 g/mol. The summed E-state index contributed by atoms with van der Waals surface area (Å²) in [5.74, 6) is 3.04. The van der Waals surface area contributed by atoms with Crippen LogP contribution < -0.4 is 15.5 Å². The summed E-state index contributed by atoms with van der Waals surface area (Å²) in [4.78, 5) is 11.5. The minimum Gasteiger partial charge on any atom is -0.359 e. The Morgan fingerprint density at radius 3 is 2.45 bits per heavy atom. The predicted octanol–water partition coefficient (Wildman–Crippen LogP) is 4.07. The van der Waals surface area contributed by atoms with E-state index in [0.717, 1.165) is 61.3 Å². The first-order valence-corrected chi connectivity index (χ1v) is 10.8. The quantitative estimate of drug-likeness (QED) is 0.437. The summed E-state index contributed by atoms with van der Waals surface area (Å²) < 4.78 is 5.49. The fourth-order valence-corrected chi connectivity index (χ4v) is 3.24. The average Bonchev–Trinajstić information content (AvgIpc) is 3.21. The highest BCUT2D eigenvalue weighted by molar-refractivity contribution is 5.79. The molecule has 0 aliphatic rings. The van der Waals surface area contributed by atoms with Crippen molar-refractivity contribution in [3.05, 3.63) is 41.4 Å². The van der Waals surface area contributed by atoms with E-state index in [4.69, 9.17) is 4.52 Å². The van der Waals surface area contributed by atoms with Crippen LogP contribution in [-0.2, 0) is 13.1 Å². The highest BCUT2D eigenvalue weighted by Crippen LogP contribution is 2.22.